The van der Waals surface area contributed by atoms with Crippen LogP contribution in [0.4, 0.5) is 10.1 Å². The summed E-state index contributed by atoms with van der Waals surface area (Å²) < 4.78 is 18.4. The van der Waals surface area contributed by atoms with Crippen molar-refractivity contribution >= 4 is 23.4 Å². The van der Waals surface area contributed by atoms with Gasteiger partial charge in [-0.25, -0.2) is 4.39 Å². The molecule has 1 N–H and O–H groups in total. The predicted octanol–water partition coefficient (Wildman–Crippen LogP) is 4.35. The first-order valence-electron chi connectivity index (χ1n) is 6.99. The normalized spacial score (nSPS) is 10.3. The van der Waals surface area contributed by atoms with Gasteiger partial charge in [-0.05, 0) is 49.1 Å². The number of ether oxygens (including phenoxy) is 1. The fourth-order valence-electron chi connectivity index (χ4n) is 1.88. The molecule has 0 radical (unpaired) electrons. The molecule has 3 nitrogen and oxygen atoms in total. The van der Waals surface area contributed by atoms with Crippen molar-refractivity contribution in [2.45, 2.75) is 17.7 Å². The number of thioether (sulfide) groups is 1. The lowest BCUT2D eigenvalue weighted by atomic mass is 10.2. The first kappa shape index (κ1) is 16.4. The lowest BCUT2D eigenvalue weighted by Gasteiger charge is -2.07. The maximum Gasteiger partial charge on any atom is 0.224 e. The smallest absolute Gasteiger partial charge is 0.224 e. The van der Waals surface area contributed by atoms with E-state index < -0.39 is 0 Å². The molecule has 0 unspecified atom stereocenters. The predicted molar refractivity (Wildman–Crippen MR) is 88.0 cm³/mol. The zero-order valence-corrected chi connectivity index (χ0v) is 13.2. The van der Waals surface area contributed by atoms with Crippen molar-refractivity contribution in [3.8, 4) is 5.75 Å². The topological polar surface area (TPSA) is 38.3 Å². The molecule has 5 heteroatoms. The molecule has 2 aromatic rings. The highest BCUT2D eigenvalue weighted by Gasteiger charge is 2.03. The molecule has 0 saturated heterocycles. The summed E-state index contributed by atoms with van der Waals surface area (Å²) in [7, 11) is 0. The first-order chi connectivity index (χ1) is 10.7. The second kappa shape index (κ2) is 8.44. The Morgan fingerprint density at radius 2 is 2.00 bits per heavy atom. The zero-order chi connectivity index (χ0) is 15.8. The van der Waals surface area contributed by atoms with E-state index in [4.69, 9.17) is 4.74 Å². The maximum atomic E-state index is 13.0. The van der Waals surface area contributed by atoms with E-state index in [9.17, 15) is 9.18 Å². The third-order valence-corrected chi connectivity index (χ3v) is 3.73. The Bertz CT molecular complexity index is 616. The summed E-state index contributed by atoms with van der Waals surface area (Å²) in [5.41, 5.74) is 0.786. The van der Waals surface area contributed by atoms with Crippen molar-refractivity contribution in [3.63, 3.8) is 0 Å². The van der Waals surface area contributed by atoms with Crippen LogP contribution in [0.3, 0.4) is 0 Å². The number of nitrogens with one attached hydrogen (secondary N) is 1. The average molecular weight is 319 g/mol. The highest BCUT2D eigenvalue weighted by molar-refractivity contribution is 7.98. The number of hydrogen-bond acceptors (Lipinski definition) is 3. The Labute approximate surface area is 133 Å². The molecule has 0 heterocycles. The monoisotopic (exact) mass is 319 g/mol. The van der Waals surface area contributed by atoms with E-state index in [0.29, 0.717) is 25.2 Å². The molecule has 0 aromatic heterocycles. The van der Waals surface area contributed by atoms with Gasteiger partial charge in [-0.3, -0.25) is 4.79 Å². The average Bonchev–Trinajstić information content (AvgIpc) is 2.52. The highest BCUT2D eigenvalue weighted by Crippen LogP contribution is 2.17. The Kier molecular flexibility index (Phi) is 6.27. The molecule has 0 spiro atoms. The van der Waals surface area contributed by atoms with E-state index in [1.54, 1.807) is 23.9 Å². The van der Waals surface area contributed by atoms with Crippen LogP contribution in [0.25, 0.3) is 0 Å². The van der Waals surface area contributed by atoms with E-state index in [1.807, 2.05) is 30.5 Å². The molecule has 0 fully saturated rings. The summed E-state index contributed by atoms with van der Waals surface area (Å²) in [5, 5.41) is 2.84. The van der Waals surface area contributed by atoms with Crippen molar-refractivity contribution in [1.82, 2.24) is 0 Å². The van der Waals surface area contributed by atoms with Crippen LogP contribution >= 0.6 is 11.8 Å². The van der Waals surface area contributed by atoms with Crippen LogP contribution in [0.2, 0.25) is 0 Å². The SMILES string of the molecule is CSc1ccc(NC(=O)CCCOc2cccc(F)c2)cc1. The number of carbonyl (C=O) groups is 1. The van der Waals surface area contributed by atoms with Crippen molar-refractivity contribution in [1.29, 1.82) is 0 Å². The van der Waals surface area contributed by atoms with Crippen LogP contribution in [0, 0.1) is 5.82 Å². The van der Waals surface area contributed by atoms with Crippen LogP contribution in [0.1, 0.15) is 12.8 Å². The minimum absolute atomic E-state index is 0.0558. The number of rotatable bonds is 7. The largest absolute Gasteiger partial charge is 0.493 e. The van der Waals surface area contributed by atoms with E-state index in [-0.39, 0.29) is 11.7 Å². The lowest BCUT2D eigenvalue weighted by molar-refractivity contribution is -0.116. The molecule has 2 rings (SSSR count). The van der Waals surface area contributed by atoms with Crippen LogP contribution < -0.4 is 10.1 Å². The summed E-state index contributed by atoms with van der Waals surface area (Å²) in [6.07, 6.45) is 2.94. The molecule has 22 heavy (non-hydrogen) atoms. The highest BCUT2D eigenvalue weighted by atomic mass is 32.2. The van der Waals surface area contributed by atoms with E-state index >= 15 is 0 Å². The van der Waals surface area contributed by atoms with Gasteiger partial charge in [0.2, 0.25) is 5.91 Å². The van der Waals surface area contributed by atoms with Gasteiger partial charge >= 0.3 is 0 Å². The lowest BCUT2D eigenvalue weighted by Crippen LogP contribution is -2.12. The van der Waals surface area contributed by atoms with Crippen molar-refractivity contribution < 1.29 is 13.9 Å². The number of halogens is 1. The van der Waals surface area contributed by atoms with Gasteiger partial charge < -0.3 is 10.1 Å². The van der Waals surface area contributed by atoms with Gasteiger partial charge in [0.25, 0.3) is 0 Å². The van der Waals surface area contributed by atoms with Crippen molar-refractivity contribution in [3.05, 3.63) is 54.3 Å². The molecule has 0 atom stereocenters. The Hall–Kier alpha value is -2.01. The van der Waals surface area contributed by atoms with Crippen LogP contribution in [0.15, 0.2) is 53.4 Å². The summed E-state index contributed by atoms with van der Waals surface area (Å²) in [4.78, 5) is 13.0. The maximum absolute atomic E-state index is 13.0. The fraction of sp³-hybridized carbons (Fsp3) is 0.235. The van der Waals surface area contributed by atoms with Gasteiger partial charge in [0.05, 0.1) is 6.61 Å². The Morgan fingerprint density at radius 1 is 1.23 bits per heavy atom. The van der Waals surface area contributed by atoms with Crippen LogP contribution in [-0.2, 0) is 4.79 Å². The van der Waals surface area contributed by atoms with Gasteiger partial charge in [-0.15, -0.1) is 11.8 Å². The van der Waals surface area contributed by atoms with Crippen molar-refractivity contribution in [2.75, 3.05) is 18.2 Å². The third kappa shape index (κ3) is 5.41. The molecule has 0 aliphatic heterocycles. The Morgan fingerprint density at radius 3 is 2.68 bits per heavy atom. The second-order valence-electron chi connectivity index (χ2n) is 4.69. The van der Waals surface area contributed by atoms with Gasteiger partial charge in [-0.2, -0.15) is 0 Å². The number of hydrogen-bond donors (Lipinski definition) is 1. The summed E-state index contributed by atoms with van der Waals surface area (Å²) in [5.74, 6) is 0.0942. The molecule has 0 bridgehead atoms. The third-order valence-electron chi connectivity index (χ3n) is 2.99. The zero-order valence-electron chi connectivity index (χ0n) is 12.3. The summed E-state index contributed by atoms with van der Waals surface area (Å²) in [6, 6.07) is 13.7. The molecular formula is C17H18FNO2S. The van der Waals surface area contributed by atoms with Gasteiger partial charge in [0, 0.05) is 23.1 Å². The number of anilines is 1. The minimum atomic E-state index is -0.330. The quantitative estimate of drug-likeness (QED) is 0.609. The minimum Gasteiger partial charge on any atom is -0.493 e. The van der Waals surface area contributed by atoms with Gasteiger partial charge in [-0.1, -0.05) is 6.07 Å². The standard InChI is InChI=1S/C17H18FNO2S/c1-22-16-9-7-14(8-10-16)19-17(20)6-3-11-21-15-5-2-4-13(18)12-15/h2,4-5,7-10,12H,3,6,11H2,1H3,(H,19,20). The number of benzene rings is 2. The second-order valence-corrected chi connectivity index (χ2v) is 5.57. The van der Waals surface area contributed by atoms with Gasteiger partial charge in [0.15, 0.2) is 0 Å². The van der Waals surface area contributed by atoms with Gasteiger partial charge in [0.1, 0.15) is 11.6 Å². The summed E-state index contributed by atoms with van der Waals surface area (Å²) in [6.45, 7) is 0.377. The van der Waals surface area contributed by atoms with E-state index in [2.05, 4.69) is 5.32 Å². The molecular weight excluding hydrogens is 301 g/mol. The van der Waals surface area contributed by atoms with Crippen LogP contribution in [-0.4, -0.2) is 18.8 Å². The number of carbonyl (C=O) groups excluding carboxylic acids is 1. The number of amides is 1. The van der Waals surface area contributed by atoms with Crippen LogP contribution in [0.5, 0.6) is 5.75 Å². The molecule has 2 aromatic carbocycles. The van der Waals surface area contributed by atoms with Crippen molar-refractivity contribution in [2.24, 2.45) is 0 Å². The Balaban J connectivity index is 1.69. The fourth-order valence-corrected chi connectivity index (χ4v) is 2.29. The molecule has 0 aliphatic rings. The van der Waals surface area contributed by atoms with E-state index in [1.165, 1.54) is 12.1 Å². The first-order valence-corrected chi connectivity index (χ1v) is 8.22. The molecule has 0 saturated carbocycles. The molecule has 1 amide bonds. The summed E-state index contributed by atoms with van der Waals surface area (Å²) >= 11 is 1.66. The molecule has 0 aliphatic carbocycles. The molecule has 116 valence electrons. The van der Waals surface area contributed by atoms with E-state index in [0.717, 1.165) is 10.6 Å².